The lowest BCUT2D eigenvalue weighted by molar-refractivity contribution is -0.123. The van der Waals surface area contributed by atoms with Crippen LogP contribution in [0, 0.1) is 17.8 Å². The van der Waals surface area contributed by atoms with Crippen LogP contribution in [-0.4, -0.2) is 70.7 Å². The number of amides is 2. The second kappa shape index (κ2) is 12.9. The summed E-state index contributed by atoms with van der Waals surface area (Å²) in [5, 5.41) is 50.8. The summed E-state index contributed by atoms with van der Waals surface area (Å²) in [5.41, 5.74) is 3.54. The molecule has 1 saturated heterocycles. The molecule has 0 spiro atoms. The molecule has 40 heavy (non-hydrogen) atoms. The van der Waals surface area contributed by atoms with Gasteiger partial charge in [-0.25, -0.2) is 0 Å². The standard InChI is InChI=1S/C30H36BNO8/c1-3-18(12-19-6-4-9-23(34)13-19)10-11-26(35)27-20(17-40-2)14-24-28(25(27)16-33)30(37)32(29(24)36)22-8-5-7-21(15-22)31(38)39/h4-9,12-13,15,24-26,28,33-35,38-39H,3,10-11,14,16-17H2,1-2H3/b18-12+/t24-,25+,26-,28-/m1/s1. The number of phenols is 1. The highest BCUT2D eigenvalue weighted by Crippen LogP contribution is 2.47. The Morgan fingerprint density at radius 1 is 1.15 bits per heavy atom. The maximum absolute atomic E-state index is 13.7. The minimum atomic E-state index is -1.76. The molecule has 0 aromatic heterocycles. The number of methoxy groups -OCH3 is 1. The molecule has 4 atom stereocenters. The predicted octanol–water partition coefficient (Wildman–Crippen LogP) is 1.77. The summed E-state index contributed by atoms with van der Waals surface area (Å²) in [4.78, 5) is 28.3. The van der Waals surface area contributed by atoms with E-state index in [0.717, 1.165) is 22.5 Å². The number of carbonyl (C=O) groups excluding carboxylic acids is 2. The molecule has 2 aromatic rings. The van der Waals surface area contributed by atoms with Crippen LogP contribution in [0.5, 0.6) is 5.75 Å². The molecule has 1 heterocycles. The highest BCUT2D eigenvalue weighted by Gasteiger charge is 2.55. The van der Waals surface area contributed by atoms with Crippen molar-refractivity contribution in [2.75, 3.05) is 25.2 Å². The van der Waals surface area contributed by atoms with Crippen LogP contribution in [0.3, 0.4) is 0 Å². The Bertz CT molecular complexity index is 1310. The number of nitrogens with zero attached hydrogens (tertiary/aromatic N) is 1. The number of hydrogen-bond donors (Lipinski definition) is 5. The summed E-state index contributed by atoms with van der Waals surface area (Å²) < 4.78 is 5.40. The number of allylic oxidation sites excluding steroid dienone is 1. The number of rotatable bonds is 11. The molecule has 2 aliphatic rings. The normalized spacial score (nSPS) is 22.1. The van der Waals surface area contributed by atoms with Crippen LogP contribution in [0.15, 0.2) is 65.3 Å². The molecule has 4 rings (SSSR count). The maximum atomic E-state index is 13.7. The number of carbonyl (C=O) groups is 2. The van der Waals surface area contributed by atoms with Gasteiger partial charge in [-0.05, 0) is 72.1 Å². The summed E-state index contributed by atoms with van der Waals surface area (Å²) in [6, 6.07) is 12.9. The average Bonchev–Trinajstić information content (AvgIpc) is 3.19. The number of benzene rings is 2. The summed E-state index contributed by atoms with van der Waals surface area (Å²) in [6.45, 7) is 1.74. The van der Waals surface area contributed by atoms with Crippen molar-refractivity contribution < 1.29 is 39.7 Å². The molecule has 1 fully saturated rings. The fraction of sp³-hybridized carbons (Fsp3) is 0.400. The number of aliphatic hydroxyl groups excluding tert-OH is 2. The van der Waals surface area contributed by atoms with Gasteiger partial charge in [0.15, 0.2) is 0 Å². The molecule has 2 amide bonds. The second-order valence-corrected chi connectivity index (χ2v) is 10.4. The zero-order valence-corrected chi connectivity index (χ0v) is 22.7. The van der Waals surface area contributed by atoms with Crippen LogP contribution in [0.4, 0.5) is 5.69 Å². The molecule has 1 aliphatic carbocycles. The predicted molar refractivity (Wildman–Crippen MR) is 151 cm³/mol. The fourth-order valence-electron chi connectivity index (χ4n) is 6.02. The van der Waals surface area contributed by atoms with Gasteiger partial charge in [0.1, 0.15) is 5.75 Å². The third-order valence-electron chi connectivity index (χ3n) is 7.92. The van der Waals surface area contributed by atoms with Crippen molar-refractivity contribution >= 4 is 36.2 Å². The first-order valence-electron chi connectivity index (χ1n) is 13.5. The summed E-state index contributed by atoms with van der Waals surface area (Å²) in [5.74, 6) is -3.11. The van der Waals surface area contributed by atoms with E-state index in [-0.39, 0.29) is 29.9 Å². The van der Waals surface area contributed by atoms with Gasteiger partial charge in [0.25, 0.3) is 0 Å². The van der Waals surface area contributed by atoms with Crippen LogP contribution in [-0.2, 0) is 14.3 Å². The number of imide groups is 1. The molecule has 0 saturated carbocycles. The number of aliphatic hydroxyl groups is 2. The van der Waals surface area contributed by atoms with E-state index in [1.54, 1.807) is 24.3 Å². The molecule has 212 valence electrons. The van der Waals surface area contributed by atoms with Gasteiger partial charge in [0.05, 0.1) is 36.8 Å². The molecule has 5 N–H and O–H groups in total. The smallest absolute Gasteiger partial charge is 0.488 e. The first kappa shape index (κ1) is 29.7. The van der Waals surface area contributed by atoms with E-state index in [4.69, 9.17) is 4.74 Å². The SMILES string of the molecule is CC/C(=C\c1cccc(O)c1)CC[C@@H](O)C1=C(COC)C[C@H]2C(=O)N(c3cccc(B(O)O)c3)C(=O)[C@H]2[C@H]1CO. The van der Waals surface area contributed by atoms with E-state index in [1.165, 1.54) is 25.3 Å². The van der Waals surface area contributed by atoms with Gasteiger partial charge in [-0.2, -0.15) is 0 Å². The molecule has 2 aromatic carbocycles. The monoisotopic (exact) mass is 549 g/mol. The molecular formula is C30H36BNO8. The summed E-state index contributed by atoms with van der Waals surface area (Å²) in [6.07, 6.45) is 2.86. The Balaban J connectivity index is 1.61. The van der Waals surface area contributed by atoms with Crippen molar-refractivity contribution in [2.24, 2.45) is 17.8 Å². The molecular weight excluding hydrogens is 513 g/mol. The second-order valence-electron chi connectivity index (χ2n) is 10.4. The van der Waals surface area contributed by atoms with Crippen LogP contribution in [0.25, 0.3) is 6.08 Å². The van der Waals surface area contributed by atoms with Crippen molar-refractivity contribution in [1.82, 2.24) is 0 Å². The van der Waals surface area contributed by atoms with Gasteiger partial charge in [-0.15, -0.1) is 0 Å². The number of fused-ring (bicyclic) bond motifs is 1. The number of hydrogen-bond acceptors (Lipinski definition) is 8. The number of phenolic OH excluding ortho intramolecular Hbond substituents is 1. The average molecular weight is 549 g/mol. The Labute approximate surface area is 234 Å². The molecule has 0 unspecified atom stereocenters. The van der Waals surface area contributed by atoms with Gasteiger partial charge in [0.2, 0.25) is 11.8 Å². The minimum absolute atomic E-state index is 0.145. The van der Waals surface area contributed by atoms with Crippen molar-refractivity contribution in [3.05, 3.63) is 70.8 Å². The highest BCUT2D eigenvalue weighted by atomic mass is 16.5. The maximum Gasteiger partial charge on any atom is 0.488 e. The third-order valence-corrected chi connectivity index (χ3v) is 7.92. The molecule has 1 aliphatic heterocycles. The lowest BCUT2D eigenvalue weighted by Crippen LogP contribution is -2.40. The van der Waals surface area contributed by atoms with E-state index in [1.807, 2.05) is 19.1 Å². The first-order valence-corrected chi connectivity index (χ1v) is 13.5. The lowest BCUT2D eigenvalue weighted by atomic mass is 9.68. The lowest BCUT2D eigenvalue weighted by Gasteiger charge is -2.36. The molecule has 9 nitrogen and oxygen atoms in total. The number of aromatic hydroxyl groups is 1. The fourth-order valence-corrected chi connectivity index (χ4v) is 6.02. The van der Waals surface area contributed by atoms with E-state index < -0.39 is 49.4 Å². The van der Waals surface area contributed by atoms with Crippen molar-refractivity contribution in [2.45, 2.75) is 38.7 Å². The molecule has 10 heteroatoms. The van der Waals surface area contributed by atoms with Gasteiger partial charge < -0.3 is 30.1 Å². The Hall–Kier alpha value is -3.28. The largest absolute Gasteiger partial charge is 0.508 e. The Kier molecular flexibility index (Phi) is 9.60. The Morgan fingerprint density at radius 2 is 1.90 bits per heavy atom. The van der Waals surface area contributed by atoms with Gasteiger partial charge in [0, 0.05) is 13.0 Å². The zero-order chi connectivity index (χ0) is 29.0. The molecule has 0 bridgehead atoms. The highest BCUT2D eigenvalue weighted by molar-refractivity contribution is 6.58. The van der Waals surface area contributed by atoms with E-state index >= 15 is 0 Å². The van der Waals surface area contributed by atoms with E-state index in [9.17, 15) is 35.0 Å². The Morgan fingerprint density at radius 3 is 2.55 bits per heavy atom. The van der Waals surface area contributed by atoms with Crippen molar-refractivity contribution in [3.63, 3.8) is 0 Å². The zero-order valence-electron chi connectivity index (χ0n) is 22.7. The number of ether oxygens (including phenoxy) is 1. The topological polar surface area (TPSA) is 148 Å². The first-order chi connectivity index (χ1) is 19.2. The summed E-state index contributed by atoms with van der Waals surface area (Å²) >= 11 is 0. The molecule has 0 radical (unpaired) electrons. The summed E-state index contributed by atoms with van der Waals surface area (Å²) in [7, 11) is -0.240. The number of anilines is 1. The quantitative estimate of drug-likeness (QED) is 0.162. The minimum Gasteiger partial charge on any atom is -0.508 e. The van der Waals surface area contributed by atoms with Gasteiger partial charge >= 0.3 is 7.12 Å². The van der Waals surface area contributed by atoms with Crippen LogP contribution in [0.2, 0.25) is 0 Å². The van der Waals surface area contributed by atoms with Crippen molar-refractivity contribution in [3.8, 4) is 5.75 Å². The van der Waals surface area contributed by atoms with Gasteiger partial charge in [-0.1, -0.05) is 42.8 Å². The van der Waals surface area contributed by atoms with E-state index in [0.29, 0.717) is 24.0 Å². The van der Waals surface area contributed by atoms with Gasteiger partial charge in [-0.3, -0.25) is 14.5 Å². The van der Waals surface area contributed by atoms with Crippen LogP contribution >= 0.6 is 0 Å². The van der Waals surface area contributed by atoms with Crippen LogP contribution < -0.4 is 10.4 Å². The van der Waals surface area contributed by atoms with E-state index in [2.05, 4.69) is 0 Å². The third kappa shape index (κ3) is 6.06. The van der Waals surface area contributed by atoms with Crippen molar-refractivity contribution in [1.29, 1.82) is 0 Å². The van der Waals surface area contributed by atoms with Crippen LogP contribution in [0.1, 0.15) is 38.2 Å².